The first kappa shape index (κ1) is 29.1. The van der Waals surface area contributed by atoms with Gasteiger partial charge in [-0.15, -0.1) is 0 Å². The molecule has 10 rings (SSSR count). The summed E-state index contributed by atoms with van der Waals surface area (Å²) in [5, 5.41) is 19.5. The van der Waals surface area contributed by atoms with E-state index in [1.807, 2.05) is 48.5 Å². The number of fused-ring (bicyclic) bond motifs is 8. The number of rotatable bonds is 3. The molecule has 6 aromatic rings. The van der Waals surface area contributed by atoms with Crippen LogP contribution < -0.4 is 5.32 Å². The lowest BCUT2D eigenvalue weighted by Gasteiger charge is -2.25. The fourth-order valence-corrected chi connectivity index (χ4v) is 7.80. The Hall–Kier alpha value is -6.86. The summed E-state index contributed by atoms with van der Waals surface area (Å²) in [5.41, 5.74) is 13.6. The lowest BCUT2D eigenvalue weighted by atomic mass is 9.85. The van der Waals surface area contributed by atoms with E-state index < -0.39 is 0 Å². The number of oxime groups is 1. The molecule has 242 valence electrons. The molecule has 0 aliphatic carbocycles. The topological polar surface area (TPSA) is 98.0 Å². The van der Waals surface area contributed by atoms with Crippen LogP contribution in [-0.4, -0.2) is 38.4 Å². The molecule has 0 saturated carbocycles. The zero-order valence-electron chi connectivity index (χ0n) is 27.3. The van der Waals surface area contributed by atoms with Gasteiger partial charge in [-0.25, -0.2) is 15.0 Å². The lowest BCUT2D eigenvalue weighted by molar-refractivity contribution is 0.320. The van der Waals surface area contributed by atoms with Gasteiger partial charge in [0.2, 0.25) is 0 Å². The van der Waals surface area contributed by atoms with Crippen LogP contribution in [0.1, 0.15) is 34.0 Å². The third-order valence-corrected chi connectivity index (χ3v) is 10.0. The van der Waals surface area contributed by atoms with Gasteiger partial charge in [-0.2, -0.15) is 0 Å². The number of allylic oxidation sites excluding steroid dienone is 4. The van der Waals surface area contributed by atoms with Crippen LogP contribution in [0.5, 0.6) is 0 Å². The second kappa shape index (κ2) is 11.6. The molecule has 8 bridgehead atoms. The quantitative estimate of drug-likeness (QED) is 0.131. The van der Waals surface area contributed by atoms with Crippen molar-refractivity contribution in [3.63, 3.8) is 0 Å². The van der Waals surface area contributed by atoms with Crippen molar-refractivity contribution in [3.05, 3.63) is 191 Å². The van der Waals surface area contributed by atoms with E-state index in [1.165, 1.54) is 0 Å². The van der Waals surface area contributed by atoms with Crippen LogP contribution in [0, 0.1) is 0 Å². The second-order valence-corrected chi connectivity index (χ2v) is 13.0. The number of hydrogen-bond acceptors (Lipinski definition) is 6. The molecular weight excluding hydrogens is 629 g/mol. The standard InChI is InChI=1S/C44H30N6O/c51-50-44-41-39(28-16-8-3-9-17-28)35-24-22-33(46-35)37(26-12-4-1-5-13-26)31-20-21-32(45-31)38(27-14-6-2-7-15-27)34-23-25-36(47-34)40-29-18-10-11-19-30(29)48-43(44)42(40)49-41/h1-25,35,39,46-47,51H/b37-33-,38-32-,50-44-. The number of nitrogens with one attached hydrogen (secondary N) is 2. The van der Waals surface area contributed by atoms with Crippen molar-refractivity contribution in [3.8, 4) is 11.3 Å². The van der Waals surface area contributed by atoms with Crippen molar-refractivity contribution in [2.24, 2.45) is 15.1 Å². The first-order chi connectivity index (χ1) is 25.2. The number of hydrogen-bond donors (Lipinski definition) is 3. The summed E-state index contributed by atoms with van der Waals surface area (Å²) in [6.45, 7) is 0. The Kier molecular flexibility index (Phi) is 6.64. The zero-order valence-corrected chi connectivity index (χ0v) is 27.3. The summed E-state index contributed by atoms with van der Waals surface area (Å²) < 4.78 is 0. The summed E-state index contributed by atoms with van der Waals surface area (Å²) in [5.74, 6) is -0.304. The summed E-state index contributed by atoms with van der Waals surface area (Å²) in [4.78, 5) is 19.6. The molecule has 4 aliphatic rings. The molecule has 7 heteroatoms. The van der Waals surface area contributed by atoms with E-state index in [9.17, 15) is 5.21 Å². The van der Waals surface area contributed by atoms with E-state index in [1.54, 1.807) is 0 Å². The van der Waals surface area contributed by atoms with Gasteiger partial charge in [-0.05, 0) is 53.1 Å². The molecule has 7 nitrogen and oxygen atoms in total. The van der Waals surface area contributed by atoms with Gasteiger partial charge in [-0.3, -0.25) is 0 Å². The highest BCUT2D eigenvalue weighted by atomic mass is 16.4. The molecule has 3 N–H and O–H groups in total. The minimum Gasteiger partial charge on any atom is -0.410 e. The summed E-state index contributed by atoms with van der Waals surface area (Å²) >= 11 is 0. The van der Waals surface area contributed by atoms with Crippen molar-refractivity contribution in [1.82, 2.24) is 15.3 Å². The third-order valence-electron chi connectivity index (χ3n) is 10.0. The fraction of sp³-hybridized carbons (Fsp3) is 0.0455. The Morgan fingerprint density at radius 3 is 2.10 bits per heavy atom. The predicted octanol–water partition coefficient (Wildman–Crippen LogP) is 9.00. The van der Waals surface area contributed by atoms with Gasteiger partial charge >= 0.3 is 0 Å². The van der Waals surface area contributed by atoms with Crippen molar-refractivity contribution < 1.29 is 5.21 Å². The van der Waals surface area contributed by atoms with Gasteiger partial charge in [0, 0.05) is 39.2 Å². The maximum absolute atomic E-state index is 10.7. The number of aromatic amines is 1. The molecule has 6 heterocycles. The smallest absolute Gasteiger partial charge is 0.152 e. The molecule has 0 fully saturated rings. The zero-order chi connectivity index (χ0) is 33.9. The Morgan fingerprint density at radius 1 is 0.647 bits per heavy atom. The van der Waals surface area contributed by atoms with Crippen LogP contribution in [0.25, 0.3) is 33.3 Å². The highest BCUT2D eigenvalue weighted by Crippen LogP contribution is 2.45. The molecule has 4 aromatic carbocycles. The summed E-state index contributed by atoms with van der Waals surface area (Å²) in [6, 6.07) is 43.1. The van der Waals surface area contributed by atoms with Gasteiger partial charge in [0.15, 0.2) is 5.71 Å². The van der Waals surface area contributed by atoms with Gasteiger partial charge in [-0.1, -0.05) is 120 Å². The monoisotopic (exact) mass is 658 g/mol. The minimum atomic E-state index is -0.304. The number of pyridine rings is 1. The molecule has 0 amide bonds. The van der Waals surface area contributed by atoms with E-state index in [0.29, 0.717) is 22.8 Å². The first-order valence-corrected chi connectivity index (χ1v) is 17.1. The van der Waals surface area contributed by atoms with E-state index in [2.05, 4.69) is 119 Å². The molecule has 4 aliphatic heterocycles. The van der Waals surface area contributed by atoms with Crippen molar-refractivity contribution >= 4 is 44.9 Å². The van der Waals surface area contributed by atoms with Crippen LogP contribution in [-0.2, 0) is 0 Å². The maximum Gasteiger partial charge on any atom is 0.152 e. The molecule has 0 saturated heterocycles. The Balaban J connectivity index is 1.30. The summed E-state index contributed by atoms with van der Waals surface area (Å²) in [7, 11) is 0. The summed E-state index contributed by atoms with van der Waals surface area (Å²) in [6.07, 6.45) is 8.55. The SMILES string of the molecule is O/N=C1/C2=Nc3c1nc1ccccc1c3-c1ccc([nH]1)/C(c1ccccc1)=C1/C=CC(=N1)/C(c1ccccc1)=C1/C=CC(N1)C2c1ccccc1. The van der Waals surface area contributed by atoms with Crippen LogP contribution in [0.4, 0.5) is 5.69 Å². The number of aromatic nitrogens is 2. The number of aliphatic imine (C=N–C) groups is 2. The number of benzene rings is 4. The van der Waals surface area contributed by atoms with E-state index in [-0.39, 0.29) is 12.0 Å². The Morgan fingerprint density at radius 2 is 1.33 bits per heavy atom. The van der Waals surface area contributed by atoms with Crippen LogP contribution in [0.3, 0.4) is 0 Å². The highest BCUT2D eigenvalue weighted by molar-refractivity contribution is 6.54. The van der Waals surface area contributed by atoms with Crippen molar-refractivity contribution in [2.75, 3.05) is 0 Å². The number of nitrogens with zero attached hydrogens (tertiary/aromatic N) is 4. The molecule has 0 radical (unpaired) electrons. The highest BCUT2D eigenvalue weighted by Gasteiger charge is 2.39. The van der Waals surface area contributed by atoms with Gasteiger partial charge in [0.1, 0.15) is 11.4 Å². The van der Waals surface area contributed by atoms with Gasteiger partial charge < -0.3 is 15.5 Å². The van der Waals surface area contributed by atoms with E-state index in [4.69, 9.17) is 15.0 Å². The lowest BCUT2D eigenvalue weighted by Crippen LogP contribution is -2.36. The molecular formula is C44H30N6O. The Labute approximate surface area is 294 Å². The van der Waals surface area contributed by atoms with Gasteiger partial charge in [0.25, 0.3) is 0 Å². The number of H-pyrrole nitrogens is 1. The van der Waals surface area contributed by atoms with Crippen molar-refractivity contribution in [2.45, 2.75) is 12.0 Å². The average Bonchev–Trinajstić information content (AvgIpc) is 4.01. The molecule has 51 heavy (non-hydrogen) atoms. The van der Waals surface area contributed by atoms with E-state index in [0.717, 1.165) is 72.8 Å². The maximum atomic E-state index is 10.7. The normalized spacial score (nSPS) is 22.4. The van der Waals surface area contributed by atoms with Gasteiger partial charge in [0.05, 0.1) is 34.6 Å². The van der Waals surface area contributed by atoms with Crippen LogP contribution >= 0.6 is 0 Å². The molecule has 2 unspecified atom stereocenters. The van der Waals surface area contributed by atoms with Crippen LogP contribution in [0.2, 0.25) is 0 Å². The van der Waals surface area contributed by atoms with Crippen molar-refractivity contribution in [1.29, 1.82) is 0 Å². The van der Waals surface area contributed by atoms with E-state index >= 15 is 0 Å². The molecule has 2 aromatic heterocycles. The fourth-order valence-electron chi connectivity index (χ4n) is 7.80. The minimum absolute atomic E-state index is 0.213. The average molecular weight is 659 g/mol. The third kappa shape index (κ3) is 4.66. The molecule has 2 atom stereocenters. The van der Waals surface area contributed by atoms with Crippen LogP contribution in [0.15, 0.2) is 178 Å². The first-order valence-electron chi connectivity index (χ1n) is 17.1. The number of para-hydroxylation sites is 1. The second-order valence-electron chi connectivity index (χ2n) is 13.0. The largest absolute Gasteiger partial charge is 0.410 e. The Bertz CT molecular complexity index is 2610. The predicted molar refractivity (Wildman–Crippen MR) is 205 cm³/mol. The molecule has 0 spiro atoms.